The van der Waals surface area contributed by atoms with Gasteiger partial charge in [0.2, 0.25) is 5.91 Å². The van der Waals surface area contributed by atoms with Crippen LogP contribution in [0.5, 0.6) is 0 Å². The van der Waals surface area contributed by atoms with Crippen molar-refractivity contribution in [3.05, 3.63) is 0 Å². The SMILES string of the molecule is CC(=O)CCC(=O)N1CCN(C(=O)C2CCCO2)CC1. The fourth-order valence-corrected chi connectivity index (χ4v) is 2.59. The summed E-state index contributed by atoms with van der Waals surface area (Å²) < 4.78 is 5.40. The van der Waals surface area contributed by atoms with Crippen molar-refractivity contribution in [2.75, 3.05) is 32.8 Å². The van der Waals surface area contributed by atoms with E-state index >= 15 is 0 Å². The molecule has 0 N–H and O–H groups in total. The molecule has 2 rings (SSSR count). The van der Waals surface area contributed by atoms with Gasteiger partial charge in [-0.25, -0.2) is 0 Å². The van der Waals surface area contributed by atoms with Crippen LogP contribution < -0.4 is 0 Å². The first-order chi connectivity index (χ1) is 9.58. The second-order valence-electron chi connectivity index (χ2n) is 5.41. The quantitative estimate of drug-likeness (QED) is 0.739. The summed E-state index contributed by atoms with van der Waals surface area (Å²) >= 11 is 0. The van der Waals surface area contributed by atoms with E-state index in [9.17, 15) is 14.4 Å². The summed E-state index contributed by atoms with van der Waals surface area (Å²) in [6.45, 7) is 4.38. The van der Waals surface area contributed by atoms with Gasteiger partial charge < -0.3 is 19.3 Å². The number of ether oxygens (including phenoxy) is 1. The third-order valence-corrected chi connectivity index (χ3v) is 3.84. The van der Waals surface area contributed by atoms with E-state index in [2.05, 4.69) is 0 Å². The Morgan fingerprint density at radius 3 is 2.25 bits per heavy atom. The van der Waals surface area contributed by atoms with Crippen LogP contribution in [0.4, 0.5) is 0 Å². The summed E-state index contributed by atoms with van der Waals surface area (Å²) in [5.41, 5.74) is 0. The van der Waals surface area contributed by atoms with E-state index in [1.165, 1.54) is 6.92 Å². The predicted octanol–water partition coefficient (Wildman–Crippen LogP) is 0.205. The van der Waals surface area contributed by atoms with Gasteiger partial charge >= 0.3 is 0 Å². The number of nitrogens with zero attached hydrogens (tertiary/aromatic N) is 2. The van der Waals surface area contributed by atoms with Gasteiger partial charge in [-0.2, -0.15) is 0 Å². The van der Waals surface area contributed by atoms with Crippen LogP contribution in [0.15, 0.2) is 0 Å². The van der Waals surface area contributed by atoms with Gasteiger partial charge in [-0.15, -0.1) is 0 Å². The smallest absolute Gasteiger partial charge is 0.251 e. The van der Waals surface area contributed by atoms with Gasteiger partial charge in [0.1, 0.15) is 11.9 Å². The molecule has 0 spiro atoms. The molecule has 2 amide bonds. The zero-order valence-corrected chi connectivity index (χ0v) is 12.0. The van der Waals surface area contributed by atoms with Gasteiger partial charge in [-0.3, -0.25) is 9.59 Å². The summed E-state index contributed by atoms with van der Waals surface area (Å²) in [5.74, 6) is 0.0910. The minimum Gasteiger partial charge on any atom is -0.368 e. The van der Waals surface area contributed by atoms with Gasteiger partial charge in [0.05, 0.1) is 0 Å². The van der Waals surface area contributed by atoms with E-state index in [4.69, 9.17) is 4.74 Å². The number of hydrogen-bond acceptors (Lipinski definition) is 4. The Hall–Kier alpha value is -1.43. The molecule has 0 radical (unpaired) electrons. The van der Waals surface area contributed by atoms with E-state index in [0.717, 1.165) is 12.8 Å². The highest BCUT2D eigenvalue weighted by molar-refractivity contribution is 5.84. The second kappa shape index (κ2) is 6.83. The largest absolute Gasteiger partial charge is 0.368 e. The average molecular weight is 282 g/mol. The standard InChI is InChI=1S/C14H22N2O4/c1-11(17)4-5-13(18)15-6-8-16(9-7-15)14(19)12-3-2-10-20-12/h12H,2-10H2,1H3. The number of ketones is 1. The summed E-state index contributed by atoms with van der Waals surface area (Å²) in [7, 11) is 0. The molecule has 0 bridgehead atoms. The Morgan fingerprint density at radius 1 is 1.05 bits per heavy atom. The molecule has 2 fully saturated rings. The highest BCUT2D eigenvalue weighted by Crippen LogP contribution is 2.16. The molecule has 0 aromatic carbocycles. The lowest BCUT2D eigenvalue weighted by molar-refractivity contribution is -0.146. The maximum Gasteiger partial charge on any atom is 0.251 e. The maximum atomic E-state index is 12.1. The molecular weight excluding hydrogens is 260 g/mol. The van der Waals surface area contributed by atoms with Crippen molar-refractivity contribution < 1.29 is 19.1 Å². The number of carbonyl (C=O) groups is 3. The fraction of sp³-hybridized carbons (Fsp3) is 0.786. The number of Topliss-reactive ketones (excluding diaryl/α,β-unsaturated/α-hetero) is 1. The molecule has 0 aromatic heterocycles. The minimum atomic E-state index is -0.282. The van der Waals surface area contributed by atoms with Crippen molar-refractivity contribution >= 4 is 17.6 Å². The Bertz CT molecular complexity index is 383. The molecule has 2 saturated heterocycles. The van der Waals surface area contributed by atoms with Crippen LogP contribution in [0.3, 0.4) is 0 Å². The minimum absolute atomic E-state index is 0.00409. The molecule has 1 unspecified atom stereocenters. The van der Waals surface area contributed by atoms with E-state index in [0.29, 0.717) is 39.2 Å². The van der Waals surface area contributed by atoms with E-state index < -0.39 is 0 Å². The molecule has 2 aliphatic heterocycles. The maximum absolute atomic E-state index is 12.1. The summed E-state index contributed by atoms with van der Waals surface area (Å²) in [5, 5.41) is 0. The van der Waals surface area contributed by atoms with Crippen LogP contribution in [0.1, 0.15) is 32.6 Å². The molecule has 1 atom stereocenters. The topological polar surface area (TPSA) is 66.9 Å². The molecule has 6 nitrogen and oxygen atoms in total. The average Bonchev–Trinajstić information content (AvgIpc) is 2.98. The molecule has 6 heteroatoms. The zero-order valence-electron chi connectivity index (χ0n) is 12.0. The third kappa shape index (κ3) is 3.79. The fourth-order valence-electron chi connectivity index (χ4n) is 2.59. The normalized spacial score (nSPS) is 22.9. The van der Waals surface area contributed by atoms with Gasteiger partial charge in [-0.05, 0) is 19.8 Å². The Kier molecular flexibility index (Phi) is 5.11. The van der Waals surface area contributed by atoms with E-state index in [1.807, 2.05) is 0 Å². The first-order valence-corrected chi connectivity index (χ1v) is 7.25. The lowest BCUT2D eigenvalue weighted by Gasteiger charge is -2.35. The van der Waals surface area contributed by atoms with Crippen molar-refractivity contribution in [1.82, 2.24) is 9.80 Å². The predicted molar refractivity (Wildman–Crippen MR) is 72.0 cm³/mol. The van der Waals surface area contributed by atoms with Gasteiger partial charge in [0.15, 0.2) is 0 Å². The monoisotopic (exact) mass is 282 g/mol. The molecule has 0 saturated carbocycles. The van der Waals surface area contributed by atoms with Crippen LogP contribution in [0, 0.1) is 0 Å². The van der Waals surface area contributed by atoms with Crippen molar-refractivity contribution in [3.63, 3.8) is 0 Å². The number of rotatable bonds is 4. The van der Waals surface area contributed by atoms with Gasteiger partial charge in [0, 0.05) is 45.6 Å². The summed E-state index contributed by atoms with van der Waals surface area (Å²) in [6, 6.07) is 0. The summed E-state index contributed by atoms with van der Waals surface area (Å²) in [4.78, 5) is 38.4. The second-order valence-corrected chi connectivity index (χ2v) is 5.41. The van der Waals surface area contributed by atoms with Crippen molar-refractivity contribution in [3.8, 4) is 0 Å². The van der Waals surface area contributed by atoms with Crippen molar-refractivity contribution in [2.24, 2.45) is 0 Å². The van der Waals surface area contributed by atoms with Crippen molar-refractivity contribution in [1.29, 1.82) is 0 Å². The van der Waals surface area contributed by atoms with Crippen LogP contribution in [0.2, 0.25) is 0 Å². The van der Waals surface area contributed by atoms with Crippen LogP contribution in [-0.4, -0.2) is 66.3 Å². The van der Waals surface area contributed by atoms with Gasteiger partial charge in [0.25, 0.3) is 5.91 Å². The summed E-state index contributed by atoms with van der Waals surface area (Å²) in [6.07, 6.45) is 2.04. The van der Waals surface area contributed by atoms with Crippen LogP contribution in [0.25, 0.3) is 0 Å². The Labute approximate surface area is 119 Å². The molecule has 0 aromatic rings. The number of piperazine rings is 1. The Balaban J connectivity index is 1.75. The lowest BCUT2D eigenvalue weighted by atomic mass is 10.2. The first kappa shape index (κ1) is 15.0. The molecule has 2 heterocycles. The van der Waals surface area contributed by atoms with E-state index in [-0.39, 0.29) is 30.1 Å². The highest BCUT2D eigenvalue weighted by Gasteiger charge is 2.31. The van der Waals surface area contributed by atoms with E-state index in [1.54, 1.807) is 9.80 Å². The first-order valence-electron chi connectivity index (χ1n) is 7.25. The number of carbonyl (C=O) groups excluding carboxylic acids is 3. The van der Waals surface area contributed by atoms with Gasteiger partial charge in [-0.1, -0.05) is 0 Å². The molecule has 112 valence electrons. The number of hydrogen-bond donors (Lipinski definition) is 0. The molecule has 20 heavy (non-hydrogen) atoms. The molecular formula is C14H22N2O4. The van der Waals surface area contributed by atoms with Crippen LogP contribution in [-0.2, 0) is 19.1 Å². The highest BCUT2D eigenvalue weighted by atomic mass is 16.5. The van der Waals surface area contributed by atoms with Crippen LogP contribution >= 0.6 is 0 Å². The lowest BCUT2D eigenvalue weighted by Crippen LogP contribution is -2.52. The van der Waals surface area contributed by atoms with Crippen molar-refractivity contribution in [2.45, 2.75) is 38.7 Å². The third-order valence-electron chi connectivity index (χ3n) is 3.84. The zero-order chi connectivity index (χ0) is 14.5. The molecule has 0 aliphatic carbocycles. The molecule has 2 aliphatic rings. The number of amides is 2. The Morgan fingerprint density at radius 2 is 1.70 bits per heavy atom.